The number of nitrogens with zero attached hydrogens (tertiary/aromatic N) is 2. The number of para-hydroxylation sites is 1. The molecule has 3 heteroatoms. The van der Waals surface area contributed by atoms with E-state index in [9.17, 15) is 4.79 Å². The van der Waals surface area contributed by atoms with Gasteiger partial charge in [0.25, 0.3) is 0 Å². The van der Waals surface area contributed by atoms with Gasteiger partial charge >= 0.3 is 0 Å². The molecule has 1 amide bonds. The van der Waals surface area contributed by atoms with E-state index in [2.05, 4.69) is 23.1 Å². The summed E-state index contributed by atoms with van der Waals surface area (Å²) in [6.45, 7) is 3.61. The predicted octanol–water partition coefficient (Wildman–Crippen LogP) is 2.45. The Balaban J connectivity index is 1.65. The molecule has 2 aliphatic rings. The van der Waals surface area contributed by atoms with Crippen molar-refractivity contribution < 1.29 is 4.79 Å². The van der Waals surface area contributed by atoms with Crippen molar-refractivity contribution in [2.75, 3.05) is 31.1 Å². The number of carbonyl (C=O) groups is 1. The molecule has 0 spiro atoms. The van der Waals surface area contributed by atoms with Crippen molar-refractivity contribution in [2.45, 2.75) is 32.1 Å². The van der Waals surface area contributed by atoms with Crippen LogP contribution in [-0.2, 0) is 11.2 Å². The molecular weight excluding hydrogens is 236 g/mol. The number of anilines is 1. The number of fused-ring (bicyclic) bond motifs is 1. The molecular formula is C16H22N2O. The van der Waals surface area contributed by atoms with Crippen LogP contribution < -0.4 is 4.90 Å². The molecule has 0 aromatic heterocycles. The lowest BCUT2D eigenvalue weighted by Crippen LogP contribution is -2.40. The molecule has 0 saturated carbocycles. The number of carbonyl (C=O) groups excluding carboxylic acids is 1. The van der Waals surface area contributed by atoms with E-state index in [-0.39, 0.29) is 5.91 Å². The van der Waals surface area contributed by atoms with E-state index in [0.717, 1.165) is 31.7 Å². The summed E-state index contributed by atoms with van der Waals surface area (Å²) in [7, 11) is 0. The second kappa shape index (κ2) is 5.74. The van der Waals surface area contributed by atoms with Crippen LogP contribution in [0, 0.1) is 0 Å². The van der Waals surface area contributed by atoms with E-state index in [1.807, 2.05) is 11.0 Å². The lowest BCUT2D eigenvalue weighted by molar-refractivity contribution is -0.119. The van der Waals surface area contributed by atoms with Crippen LogP contribution in [-0.4, -0.2) is 37.0 Å². The summed E-state index contributed by atoms with van der Waals surface area (Å²) in [6.07, 6.45) is 6.12. The Morgan fingerprint density at radius 2 is 1.74 bits per heavy atom. The van der Waals surface area contributed by atoms with Gasteiger partial charge in [0.1, 0.15) is 0 Å². The molecule has 0 N–H and O–H groups in total. The fourth-order valence-corrected chi connectivity index (χ4v) is 3.17. The van der Waals surface area contributed by atoms with E-state index in [0.29, 0.717) is 6.54 Å². The highest BCUT2D eigenvalue weighted by Crippen LogP contribution is 2.27. The van der Waals surface area contributed by atoms with Crippen molar-refractivity contribution in [2.24, 2.45) is 0 Å². The van der Waals surface area contributed by atoms with Gasteiger partial charge in [-0.1, -0.05) is 31.0 Å². The van der Waals surface area contributed by atoms with Gasteiger partial charge < -0.3 is 4.90 Å². The van der Waals surface area contributed by atoms with Crippen LogP contribution in [0.5, 0.6) is 0 Å². The minimum Gasteiger partial charge on any atom is -0.311 e. The highest BCUT2D eigenvalue weighted by Gasteiger charge is 2.25. The van der Waals surface area contributed by atoms with Gasteiger partial charge in [-0.3, -0.25) is 9.69 Å². The number of benzene rings is 1. The van der Waals surface area contributed by atoms with Gasteiger partial charge in [0.15, 0.2) is 0 Å². The Kier molecular flexibility index (Phi) is 3.83. The molecule has 19 heavy (non-hydrogen) atoms. The largest absolute Gasteiger partial charge is 0.311 e. The molecule has 0 radical (unpaired) electrons. The molecule has 0 bridgehead atoms. The predicted molar refractivity (Wildman–Crippen MR) is 77.4 cm³/mol. The number of hydrogen-bond acceptors (Lipinski definition) is 2. The van der Waals surface area contributed by atoms with Gasteiger partial charge in [0.2, 0.25) is 5.91 Å². The third kappa shape index (κ3) is 2.81. The number of hydrogen-bond donors (Lipinski definition) is 0. The van der Waals surface area contributed by atoms with Crippen LogP contribution in [0.1, 0.15) is 31.2 Å². The molecule has 0 atom stereocenters. The van der Waals surface area contributed by atoms with Gasteiger partial charge in [0, 0.05) is 12.2 Å². The highest BCUT2D eigenvalue weighted by atomic mass is 16.2. The molecule has 102 valence electrons. The van der Waals surface area contributed by atoms with Gasteiger partial charge in [-0.05, 0) is 44.0 Å². The molecule has 3 nitrogen and oxygen atoms in total. The van der Waals surface area contributed by atoms with Crippen molar-refractivity contribution in [1.29, 1.82) is 0 Å². The van der Waals surface area contributed by atoms with Crippen LogP contribution in [0.2, 0.25) is 0 Å². The summed E-state index contributed by atoms with van der Waals surface area (Å²) in [5.41, 5.74) is 2.44. The van der Waals surface area contributed by atoms with Crippen LogP contribution in [0.25, 0.3) is 0 Å². The van der Waals surface area contributed by atoms with Crippen LogP contribution >= 0.6 is 0 Å². The number of likely N-dealkylation sites (tertiary alicyclic amines) is 1. The highest BCUT2D eigenvalue weighted by molar-refractivity contribution is 5.96. The molecule has 1 saturated heterocycles. The summed E-state index contributed by atoms with van der Waals surface area (Å²) >= 11 is 0. The second-order valence-corrected chi connectivity index (χ2v) is 5.61. The molecule has 1 aromatic carbocycles. The Morgan fingerprint density at radius 1 is 1.00 bits per heavy atom. The molecule has 2 heterocycles. The molecule has 3 rings (SSSR count). The Labute approximate surface area is 115 Å². The zero-order valence-electron chi connectivity index (χ0n) is 11.5. The van der Waals surface area contributed by atoms with Crippen molar-refractivity contribution in [3.05, 3.63) is 29.8 Å². The fourth-order valence-electron chi connectivity index (χ4n) is 3.17. The molecule has 1 aromatic rings. The van der Waals surface area contributed by atoms with Crippen molar-refractivity contribution in [1.82, 2.24) is 4.90 Å². The second-order valence-electron chi connectivity index (χ2n) is 5.61. The van der Waals surface area contributed by atoms with Crippen LogP contribution in [0.3, 0.4) is 0 Å². The third-order valence-corrected chi connectivity index (χ3v) is 4.25. The summed E-state index contributed by atoms with van der Waals surface area (Å²) in [5.74, 6) is 0.270. The fraction of sp³-hybridized carbons (Fsp3) is 0.562. The molecule has 1 fully saturated rings. The summed E-state index contributed by atoms with van der Waals surface area (Å²) in [5, 5.41) is 0. The van der Waals surface area contributed by atoms with Crippen LogP contribution in [0.15, 0.2) is 24.3 Å². The smallest absolute Gasteiger partial charge is 0.241 e. The zero-order chi connectivity index (χ0) is 13.1. The molecule has 0 aliphatic carbocycles. The minimum absolute atomic E-state index is 0.270. The first-order valence-corrected chi connectivity index (χ1v) is 7.45. The SMILES string of the molecule is O=C(CN1CCCCCC1)N1CCc2ccccc21. The van der Waals surface area contributed by atoms with Crippen molar-refractivity contribution in [3.8, 4) is 0 Å². The molecule has 0 unspecified atom stereocenters. The zero-order valence-corrected chi connectivity index (χ0v) is 11.5. The monoisotopic (exact) mass is 258 g/mol. The quantitative estimate of drug-likeness (QED) is 0.813. The Bertz CT molecular complexity index is 450. The maximum Gasteiger partial charge on any atom is 0.241 e. The van der Waals surface area contributed by atoms with E-state index < -0.39 is 0 Å². The maximum absolute atomic E-state index is 12.5. The number of rotatable bonds is 2. The normalized spacial score (nSPS) is 20.1. The van der Waals surface area contributed by atoms with Crippen molar-refractivity contribution in [3.63, 3.8) is 0 Å². The van der Waals surface area contributed by atoms with E-state index >= 15 is 0 Å². The average molecular weight is 258 g/mol. The standard InChI is InChI=1S/C16H22N2O/c19-16(13-17-10-5-1-2-6-11-17)18-12-9-14-7-3-4-8-15(14)18/h3-4,7-8H,1-2,5-6,9-13H2. The van der Waals surface area contributed by atoms with E-state index in [4.69, 9.17) is 0 Å². The first-order valence-electron chi connectivity index (χ1n) is 7.45. The lowest BCUT2D eigenvalue weighted by Gasteiger charge is -2.23. The minimum atomic E-state index is 0.270. The first-order chi connectivity index (χ1) is 9.34. The summed E-state index contributed by atoms with van der Waals surface area (Å²) < 4.78 is 0. The summed E-state index contributed by atoms with van der Waals surface area (Å²) in [6, 6.07) is 8.29. The molecule has 2 aliphatic heterocycles. The lowest BCUT2D eigenvalue weighted by atomic mass is 10.2. The Hall–Kier alpha value is -1.35. The Morgan fingerprint density at radius 3 is 2.53 bits per heavy atom. The third-order valence-electron chi connectivity index (χ3n) is 4.25. The van der Waals surface area contributed by atoms with E-state index in [1.165, 1.54) is 31.2 Å². The van der Waals surface area contributed by atoms with Gasteiger partial charge in [-0.25, -0.2) is 0 Å². The van der Waals surface area contributed by atoms with Gasteiger partial charge in [-0.2, -0.15) is 0 Å². The van der Waals surface area contributed by atoms with Gasteiger partial charge in [-0.15, -0.1) is 0 Å². The van der Waals surface area contributed by atoms with Crippen LogP contribution in [0.4, 0.5) is 5.69 Å². The van der Waals surface area contributed by atoms with E-state index in [1.54, 1.807) is 0 Å². The summed E-state index contributed by atoms with van der Waals surface area (Å²) in [4.78, 5) is 16.8. The van der Waals surface area contributed by atoms with Gasteiger partial charge in [0.05, 0.1) is 6.54 Å². The maximum atomic E-state index is 12.5. The number of amides is 1. The average Bonchev–Trinajstić information content (AvgIpc) is 2.70. The van der Waals surface area contributed by atoms with Crippen molar-refractivity contribution >= 4 is 11.6 Å². The topological polar surface area (TPSA) is 23.6 Å². The first kappa shape index (κ1) is 12.7.